The van der Waals surface area contributed by atoms with E-state index in [0.717, 1.165) is 18.8 Å². The number of nitrogens with one attached hydrogen (secondary N) is 2. The highest BCUT2D eigenvalue weighted by Crippen LogP contribution is 2.28. The number of imidazole rings is 1. The molecule has 1 saturated heterocycles. The molecule has 2 atom stereocenters. The molecule has 1 aliphatic rings. The highest BCUT2D eigenvalue weighted by molar-refractivity contribution is 5.89. The number of nitrogens with zero attached hydrogens (tertiary/aromatic N) is 3. The van der Waals surface area contributed by atoms with Crippen LogP contribution >= 0.6 is 0 Å². The second kappa shape index (κ2) is 6.57. The summed E-state index contributed by atoms with van der Waals surface area (Å²) in [4.78, 5) is 20.4. The first-order valence-corrected chi connectivity index (χ1v) is 7.38. The summed E-state index contributed by atoms with van der Waals surface area (Å²) in [7, 11) is 0. The first-order chi connectivity index (χ1) is 10.8. The Morgan fingerprint density at radius 3 is 3.18 bits per heavy atom. The van der Waals surface area contributed by atoms with E-state index in [4.69, 9.17) is 4.74 Å². The largest absolute Gasteiger partial charge is 0.368 e. The molecule has 116 valence electrons. The maximum Gasteiger partial charge on any atom is 0.319 e. The van der Waals surface area contributed by atoms with Crippen LogP contribution < -0.4 is 10.6 Å². The molecular formula is C15H19N5O2. The maximum atomic E-state index is 12.1. The van der Waals surface area contributed by atoms with Gasteiger partial charge in [0.25, 0.3) is 0 Å². The Balaban J connectivity index is 1.65. The minimum atomic E-state index is -0.261. The molecule has 7 nitrogen and oxygen atoms in total. The Labute approximate surface area is 128 Å². The van der Waals surface area contributed by atoms with Crippen molar-refractivity contribution >= 4 is 11.7 Å². The third-order valence-electron chi connectivity index (χ3n) is 3.67. The van der Waals surface area contributed by atoms with Crippen molar-refractivity contribution in [3.8, 4) is 0 Å². The number of rotatable bonds is 4. The van der Waals surface area contributed by atoms with Crippen molar-refractivity contribution < 1.29 is 9.53 Å². The van der Waals surface area contributed by atoms with Gasteiger partial charge in [0, 0.05) is 31.7 Å². The topological polar surface area (TPSA) is 81.1 Å². The van der Waals surface area contributed by atoms with Crippen molar-refractivity contribution in [3.05, 3.63) is 42.7 Å². The smallest absolute Gasteiger partial charge is 0.319 e. The van der Waals surface area contributed by atoms with Gasteiger partial charge in [0.1, 0.15) is 11.9 Å². The number of ether oxygens (including phenoxy) is 1. The van der Waals surface area contributed by atoms with Gasteiger partial charge >= 0.3 is 6.03 Å². The van der Waals surface area contributed by atoms with Gasteiger partial charge < -0.3 is 19.9 Å². The van der Waals surface area contributed by atoms with Crippen LogP contribution in [0.25, 0.3) is 0 Å². The molecule has 3 rings (SSSR count). The van der Waals surface area contributed by atoms with Crippen molar-refractivity contribution in [1.29, 1.82) is 0 Å². The fourth-order valence-electron chi connectivity index (χ4n) is 2.61. The molecular weight excluding hydrogens is 282 g/mol. The molecule has 0 bridgehead atoms. The van der Waals surface area contributed by atoms with Crippen LogP contribution in [-0.2, 0) is 11.3 Å². The van der Waals surface area contributed by atoms with Crippen molar-refractivity contribution in [3.63, 3.8) is 0 Å². The predicted octanol–water partition coefficient (Wildman–Crippen LogP) is 1.95. The zero-order valence-corrected chi connectivity index (χ0v) is 12.4. The highest BCUT2D eigenvalue weighted by Gasteiger charge is 2.33. The van der Waals surface area contributed by atoms with Gasteiger partial charge in [-0.3, -0.25) is 4.98 Å². The Kier molecular flexibility index (Phi) is 4.34. The number of carbonyl (C=O) groups excluding carboxylic acids is 1. The van der Waals surface area contributed by atoms with Crippen LogP contribution in [0.2, 0.25) is 0 Å². The van der Waals surface area contributed by atoms with Gasteiger partial charge in [0.2, 0.25) is 0 Å². The molecule has 2 aromatic rings. The second-order valence-electron chi connectivity index (χ2n) is 5.10. The third kappa shape index (κ3) is 3.09. The molecule has 0 unspecified atom stereocenters. The molecule has 2 aromatic heterocycles. The minimum Gasteiger partial charge on any atom is -0.368 e. The molecule has 7 heteroatoms. The summed E-state index contributed by atoms with van der Waals surface area (Å²) >= 11 is 0. The number of urea groups is 1. The van der Waals surface area contributed by atoms with Gasteiger partial charge in [-0.05, 0) is 25.5 Å². The highest BCUT2D eigenvalue weighted by atomic mass is 16.5. The van der Waals surface area contributed by atoms with Crippen LogP contribution in [0.4, 0.5) is 10.5 Å². The summed E-state index contributed by atoms with van der Waals surface area (Å²) in [6, 6.07) is 3.21. The van der Waals surface area contributed by atoms with E-state index in [-0.39, 0.29) is 18.2 Å². The Morgan fingerprint density at radius 2 is 2.41 bits per heavy atom. The fourth-order valence-corrected chi connectivity index (χ4v) is 2.61. The van der Waals surface area contributed by atoms with Crippen LogP contribution in [0.5, 0.6) is 0 Å². The SMILES string of the molecule is CCn1ccnc1[C@H]1OCC[C@@H]1NC(=O)Nc1cccnc1. The van der Waals surface area contributed by atoms with Gasteiger partial charge in [-0.2, -0.15) is 0 Å². The summed E-state index contributed by atoms with van der Waals surface area (Å²) in [6.07, 6.45) is 7.49. The third-order valence-corrected chi connectivity index (χ3v) is 3.67. The number of hydrogen-bond acceptors (Lipinski definition) is 4. The van der Waals surface area contributed by atoms with Crippen LogP contribution in [0.1, 0.15) is 25.3 Å². The first-order valence-electron chi connectivity index (χ1n) is 7.38. The maximum absolute atomic E-state index is 12.1. The van der Waals surface area contributed by atoms with E-state index in [1.54, 1.807) is 30.7 Å². The summed E-state index contributed by atoms with van der Waals surface area (Å²) < 4.78 is 7.80. The molecule has 1 aliphatic heterocycles. The summed E-state index contributed by atoms with van der Waals surface area (Å²) in [5.74, 6) is 0.853. The van der Waals surface area contributed by atoms with Gasteiger partial charge in [-0.1, -0.05) is 0 Å². The first kappa shape index (κ1) is 14.5. The normalized spacial score (nSPS) is 20.8. The van der Waals surface area contributed by atoms with E-state index >= 15 is 0 Å². The van der Waals surface area contributed by atoms with E-state index < -0.39 is 0 Å². The average molecular weight is 301 g/mol. The summed E-state index contributed by atoms with van der Waals surface area (Å²) in [5.41, 5.74) is 0.658. The van der Waals surface area contributed by atoms with Crippen LogP contribution in [-0.4, -0.2) is 33.2 Å². The van der Waals surface area contributed by atoms with Gasteiger partial charge in [0.15, 0.2) is 0 Å². The Bertz CT molecular complexity index is 628. The van der Waals surface area contributed by atoms with Crippen molar-refractivity contribution in [2.75, 3.05) is 11.9 Å². The number of amides is 2. The Morgan fingerprint density at radius 1 is 1.50 bits per heavy atom. The lowest BCUT2D eigenvalue weighted by molar-refractivity contribution is 0.0906. The lowest BCUT2D eigenvalue weighted by Gasteiger charge is -2.20. The lowest BCUT2D eigenvalue weighted by atomic mass is 10.1. The molecule has 0 aromatic carbocycles. The molecule has 0 spiro atoms. The monoisotopic (exact) mass is 301 g/mol. The van der Waals surface area contributed by atoms with Crippen LogP contribution in [0.15, 0.2) is 36.9 Å². The van der Waals surface area contributed by atoms with E-state index in [1.807, 2.05) is 10.8 Å². The molecule has 2 amide bonds. The number of hydrogen-bond donors (Lipinski definition) is 2. The Hall–Kier alpha value is -2.41. The standard InChI is InChI=1S/C15H19N5O2/c1-2-20-8-7-17-14(20)13-12(5-9-22-13)19-15(21)18-11-4-3-6-16-10-11/h3-4,6-8,10,12-13H,2,5,9H2,1H3,(H2,18,19,21)/t12-,13-/m0/s1. The van der Waals surface area contributed by atoms with Crippen LogP contribution in [0, 0.1) is 0 Å². The van der Waals surface area contributed by atoms with Gasteiger partial charge in [-0.15, -0.1) is 0 Å². The van der Waals surface area contributed by atoms with Crippen molar-refractivity contribution in [2.24, 2.45) is 0 Å². The van der Waals surface area contributed by atoms with E-state index in [0.29, 0.717) is 12.3 Å². The number of anilines is 1. The molecule has 0 aliphatic carbocycles. The molecule has 3 heterocycles. The van der Waals surface area contributed by atoms with Gasteiger partial charge in [-0.25, -0.2) is 9.78 Å². The van der Waals surface area contributed by atoms with Crippen LogP contribution in [0.3, 0.4) is 0 Å². The quantitative estimate of drug-likeness (QED) is 0.904. The zero-order valence-electron chi connectivity index (χ0n) is 12.4. The second-order valence-corrected chi connectivity index (χ2v) is 5.10. The fraction of sp³-hybridized carbons (Fsp3) is 0.400. The number of pyridine rings is 1. The predicted molar refractivity (Wildman–Crippen MR) is 81.4 cm³/mol. The van der Waals surface area contributed by atoms with Crippen molar-refractivity contribution in [2.45, 2.75) is 32.0 Å². The van der Waals surface area contributed by atoms with E-state index in [2.05, 4.69) is 27.5 Å². The van der Waals surface area contributed by atoms with Crippen molar-refractivity contribution in [1.82, 2.24) is 19.9 Å². The van der Waals surface area contributed by atoms with E-state index in [9.17, 15) is 4.79 Å². The molecule has 22 heavy (non-hydrogen) atoms. The molecule has 2 N–H and O–H groups in total. The average Bonchev–Trinajstić information content (AvgIpc) is 3.16. The lowest BCUT2D eigenvalue weighted by Crippen LogP contribution is -2.40. The number of aromatic nitrogens is 3. The molecule has 0 saturated carbocycles. The molecule has 1 fully saturated rings. The van der Waals surface area contributed by atoms with E-state index in [1.165, 1.54) is 0 Å². The zero-order chi connectivity index (χ0) is 15.4. The molecule has 0 radical (unpaired) electrons. The number of carbonyl (C=O) groups is 1. The summed E-state index contributed by atoms with van der Waals surface area (Å²) in [5, 5.41) is 5.73. The van der Waals surface area contributed by atoms with Gasteiger partial charge in [0.05, 0.1) is 17.9 Å². The summed E-state index contributed by atoms with van der Waals surface area (Å²) in [6.45, 7) is 3.49. The minimum absolute atomic E-state index is 0.0932. The number of aryl methyl sites for hydroxylation is 1.